The number of aromatic nitrogens is 2. The largest absolute Gasteiger partial charge is 0.475 e. The number of carbonyl (C=O) groups excluding carboxylic acids is 1. The molecule has 0 aliphatic carbocycles. The van der Waals surface area contributed by atoms with Crippen LogP contribution in [0.3, 0.4) is 0 Å². The van der Waals surface area contributed by atoms with Gasteiger partial charge < -0.3 is 14.2 Å². The molecule has 0 saturated carbocycles. The summed E-state index contributed by atoms with van der Waals surface area (Å²) in [4.78, 5) is 20.4. The van der Waals surface area contributed by atoms with Gasteiger partial charge in [0.05, 0.1) is 12.2 Å². The Hall–Kier alpha value is -2.75. The highest BCUT2D eigenvalue weighted by Gasteiger charge is 2.49. The van der Waals surface area contributed by atoms with E-state index in [-0.39, 0.29) is 18.2 Å². The summed E-state index contributed by atoms with van der Waals surface area (Å²) < 4.78 is 56.4. The van der Waals surface area contributed by atoms with Gasteiger partial charge in [0, 0.05) is 23.9 Å². The van der Waals surface area contributed by atoms with Crippen LogP contribution in [0.25, 0.3) is 6.08 Å². The Morgan fingerprint density at radius 1 is 1.30 bits per heavy atom. The lowest BCUT2D eigenvalue weighted by atomic mass is 9.98. The number of thioether (sulfide) groups is 1. The van der Waals surface area contributed by atoms with E-state index in [1.165, 1.54) is 30.9 Å². The van der Waals surface area contributed by atoms with Crippen LogP contribution < -0.4 is 9.47 Å². The highest BCUT2D eigenvalue weighted by molar-refractivity contribution is 7.98. The molecule has 1 aliphatic heterocycles. The molecule has 0 fully saturated rings. The van der Waals surface area contributed by atoms with E-state index in [9.17, 15) is 18.0 Å². The zero-order valence-corrected chi connectivity index (χ0v) is 17.3. The fourth-order valence-corrected chi connectivity index (χ4v) is 3.21. The summed E-state index contributed by atoms with van der Waals surface area (Å²) in [5.41, 5.74) is 0.467. The number of halogens is 3. The van der Waals surface area contributed by atoms with Crippen LogP contribution in [-0.2, 0) is 16.0 Å². The number of ether oxygens (including phenoxy) is 3. The van der Waals surface area contributed by atoms with Crippen LogP contribution in [0.1, 0.15) is 25.0 Å². The molecule has 0 amide bonds. The average molecular weight is 440 g/mol. The molecule has 0 N–H and O–H groups in total. The molecule has 1 atom stereocenters. The summed E-state index contributed by atoms with van der Waals surface area (Å²) in [7, 11) is 0. The highest BCUT2D eigenvalue weighted by atomic mass is 32.2. The average Bonchev–Trinajstić information content (AvgIpc) is 2.72. The standard InChI is InChI=1S/C20H19F3N2O4S/c1-4-11-8-12-9-13(18(26)27-5-2)17(20(21,22)23)29-15(12)10-14(11)28-16-6-7-24-19(25-16)30-3/h6-10,17H,4-5H2,1-3H3. The van der Waals surface area contributed by atoms with Gasteiger partial charge in [-0.2, -0.15) is 18.2 Å². The van der Waals surface area contributed by atoms with Gasteiger partial charge in [0.15, 0.2) is 5.16 Å². The van der Waals surface area contributed by atoms with Crippen LogP contribution in [0.2, 0.25) is 0 Å². The van der Waals surface area contributed by atoms with Gasteiger partial charge in [-0.25, -0.2) is 9.78 Å². The Morgan fingerprint density at radius 2 is 2.07 bits per heavy atom. The fraction of sp³-hybridized carbons (Fsp3) is 0.350. The smallest absolute Gasteiger partial charge is 0.430 e. The van der Waals surface area contributed by atoms with Crippen LogP contribution in [0.5, 0.6) is 17.4 Å². The Morgan fingerprint density at radius 3 is 2.70 bits per heavy atom. The maximum absolute atomic E-state index is 13.5. The minimum absolute atomic E-state index is 0.0441. The quantitative estimate of drug-likeness (QED) is 0.362. The third-order valence-corrected chi connectivity index (χ3v) is 4.79. The van der Waals surface area contributed by atoms with E-state index in [2.05, 4.69) is 9.97 Å². The number of rotatable bonds is 6. The van der Waals surface area contributed by atoms with Crippen molar-refractivity contribution < 1.29 is 32.2 Å². The zero-order valence-electron chi connectivity index (χ0n) is 16.4. The van der Waals surface area contributed by atoms with Crippen molar-refractivity contribution in [1.82, 2.24) is 9.97 Å². The first-order valence-corrected chi connectivity index (χ1v) is 10.3. The highest BCUT2D eigenvalue weighted by Crippen LogP contribution is 2.41. The number of hydrogen-bond donors (Lipinski definition) is 0. The molecule has 1 aromatic carbocycles. The number of aryl methyl sites for hydroxylation is 1. The molecular weight excluding hydrogens is 421 g/mol. The van der Waals surface area contributed by atoms with Crippen LogP contribution in [0, 0.1) is 0 Å². The van der Waals surface area contributed by atoms with E-state index in [4.69, 9.17) is 14.2 Å². The van der Waals surface area contributed by atoms with Gasteiger partial charge in [-0.3, -0.25) is 0 Å². The number of alkyl halides is 3. The first-order valence-electron chi connectivity index (χ1n) is 9.10. The molecule has 2 aromatic rings. The minimum atomic E-state index is -4.79. The maximum atomic E-state index is 13.5. The normalized spacial score (nSPS) is 15.7. The Bertz CT molecular complexity index is 979. The number of esters is 1. The van der Waals surface area contributed by atoms with E-state index in [0.717, 1.165) is 6.08 Å². The zero-order chi connectivity index (χ0) is 21.9. The predicted octanol–water partition coefficient (Wildman–Crippen LogP) is 4.82. The number of hydrogen-bond acceptors (Lipinski definition) is 7. The van der Waals surface area contributed by atoms with Crippen LogP contribution in [0.15, 0.2) is 35.1 Å². The lowest BCUT2D eigenvalue weighted by molar-refractivity contribution is -0.187. The number of nitrogens with zero attached hydrogens (tertiary/aromatic N) is 2. The predicted molar refractivity (Wildman–Crippen MR) is 105 cm³/mol. The SMILES string of the molecule is CCOC(=O)C1=Cc2cc(CC)c(Oc3ccnc(SC)n3)cc2OC1C(F)(F)F. The Kier molecular flexibility index (Phi) is 6.55. The van der Waals surface area contributed by atoms with E-state index in [1.807, 2.05) is 13.2 Å². The lowest BCUT2D eigenvalue weighted by Crippen LogP contribution is -2.40. The van der Waals surface area contributed by atoms with Crippen molar-refractivity contribution in [3.8, 4) is 17.4 Å². The number of fused-ring (bicyclic) bond motifs is 1. The molecule has 0 bridgehead atoms. The molecule has 0 saturated heterocycles. The third kappa shape index (κ3) is 4.69. The fourth-order valence-electron chi connectivity index (χ4n) is 2.86. The number of carbonyl (C=O) groups is 1. The van der Waals surface area contributed by atoms with E-state index in [1.54, 1.807) is 12.1 Å². The van der Waals surface area contributed by atoms with Crippen LogP contribution in [-0.4, -0.2) is 41.1 Å². The van der Waals surface area contributed by atoms with Crippen LogP contribution >= 0.6 is 11.8 Å². The molecule has 6 nitrogen and oxygen atoms in total. The van der Waals surface area contributed by atoms with Gasteiger partial charge in [0.1, 0.15) is 11.5 Å². The van der Waals surface area contributed by atoms with E-state index in [0.29, 0.717) is 28.5 Å². The first kappa shape index (κ1) is 21.9. The monoisotopic (exact) mass is 440 g/mol. The molecule has 3 rings (SSSR count). The minimum Gasteiger partial charge on any atom is -0.475 e. The van der Waals surface area contributed by atoms with Crippen molar-refractivity contribution >= 4 is 23.8 Å². The molecule has 0 spiro atoms. The first-order chi connectivity index (χ1) is 14.3. The molecule has 1 aliphatic rings. The topological polar surface area (TPSA) is 70.5 Å². The summed E-state index contributed by atoms with van der Waals surface area (Å²) in [5, 5.41) is 0.499. The van der Waals surface area contributed by atoms with Crippen molar-refractivity contribution in [2.75, 3.05) is 12.9 Å². The van der Waals surface area contributed by atoms with Crippen molar-refractivity contribution in [2.24, 2.45) is 0 Å². The summed E-state index contributed by atoms with van der Waals surface area (Å²) in [6.45, 7) is 3.35. The molecule has 0 radical (unpaired) electrons. The molecule has 10 heteroatoms. The van der Waals surface area contributed by atoms with Crippen molar-refractivity contribution in [2.45, 2.75) is 37.7 Å². The van der Waals surface area contributed by atoms with E-state index < -0.39 is 23.8 Å². The van der Waals surface area contributed by atoms with E-state index >= 15 is 0 Å². The van der Waals surface area contributed by atoms with Gasteiger partial charge in [0.25, 0.3) is 0 Å². The molecular formula is C20H19F3N2O4S. The van der Waals surface area contributed by atoms with Crippen LogP contribution in [0.4, 0.5) is 13.2 Å². The summed E-state index contributed by atoms with van der Waals surface area (Å²) in [5.74, 6) is -0.531. The molecule has 2 heterocycles. The van der Waals surface area contributed by atoms with Gasteiger partial charge in [-0.15, -0.1) is 0 Å². The van der Waals surface area contributed by atoms with Crippen molar-refractivity contribution in [1.29, 1.82) is 0 Å². The maximum Gasteiger partial charge on any atom is 0.430 e. The molecule has 160 valence electrons. The van der Waals surface area contributed by atoms with Gasteiger partial charge >= 0.3 is 12.1 Å². The molecule has 1 aromatic heterocycles. The summed E-state index contributed by atoms with van der Waals surface area (Å²) in [6, 6.07) is 4.57. The second-order valence-electron chi connectivity index (χ2n) is 6.19. The summed E-state index contributed by atoms with van der Waals surface area (Å²) in [6.07, 6.45) is -2.17. The molecule has 30 heavy (non-hydrogen) atoms. The number of benzene rings is 1. The Labute approximate surface area is 175 Å². The van der Waals surface area contributed by atoms with Gasteiger partial charge in [-0.1, -0.05) is 18.7 Å². The van der Waals surface area contributed by atoms with Gasteiger partial charge in [-0.05, 0) is 37.3 Å². The van der Waals surface area contributed by atoms with Crippen molar-refractivity contribution in [3.63, 3.8) is 0 Å². The second kappa shape index (κ2) is 8.95. The second-order valence-corrected chi connectivity index (χ2v) is 6.97. The third-order valence-electron chi connectivity index (χ3n) is 4.23. The lowest BCUT2D eigenvalue weighted by Gasteiger charge is -2.28. The summed E-state index contributed by atoms with van der Waals surface area (Å²) >= 11 is 1.33. The Balaban J connectivity index is 2.03. The van der Waals surface area contributed by atoms with Gasteiger partial charge in [0.2, 0.25) is 12.0 Å². The molecule has 1 unspecified atom stereocenters. The van der Waals surface area contributed by atoms with Crippen molar-refractivity contribution in [3.05, 3.63) is 41.1 Å².